The second-order valence-electron chi connectivity index (χ2n) is 9.56. The Kier molecular flexibility index (Phi) is 6.72. The zero-order valence-electron chi connectivity index (χ0n) is 21.0. The molecule has 0 saturated heterocycles. The van der Waals surface area contributed by atoms with Crippen molar-refractivity contribution < 1.29 is 18.3 Å². The van der Waals surface area contributed by atoms with Crippen LogP contribution in [0.15, 0.2) is 64.5 Å². The normalized spacial score (nSPS) is 13.1. The highest BCUT2D eigenvalue weighted by molar-refractivity contribution is 7.91. The fraction of sp³-hybridized carbons (Fsp3) is 0.259. The van der Waals surface area contributed by atoms with Crippen molar-refractivity contribution in [2.24, 2.45) is 0 Å². The van der Waals surface area contributed by atoms with Crippen LogP contribution in [-0.2, 0) is 22.7 Å². The van der Waals surface area contributed by atoms with E-state index in [-0.39, 0.29) is 33.2 Å². The SMILES string of the molecule is CN(C)CCS(=O)(=O)c1cccc(Nc2ncc3c(=O)c(C(=O)O)cn(-c4ccc5c(c4)CCC5)c3n2)c1. The molecular formula is C27H27N5O5S. The van der Waals surface area contributed by atoms with Gasteiger partial charge in [-0.1, -0.05) is 12.1 Å². The van der Waals surface area contributed by atoms with Gasteiger partial charge in [-0.15, -0.1) is 0 Å². The second-order valence-corrected chi connectivity index (χ2v) is 11.7. The Morgan fingerprint density at radius 3 is 2.68 bits per heavy atom. The van der Waals surface area contributed by atoms with E-state index in [1.165, 1.54) is 35.7 Å². The number of nitrogens with zero attached hydrogens (tertiary/aromatic N) is 4. The number of carboxylic acid groups (broad SMARTS) is 1. The van der Waals surface area contributed by atoms with Crippen molar-refractivity contribution >= 4 is 38.5 Å². The van der Waals surface area contributed by atoms with Crippen LogP contribution in [0, 0.1) is 0 Å². The summed E-state index contributed by atoms with van der Waals surface area (Å²) in [6, 6.07) is 12.3. The standard InChI is InChI=1S/C27H27N5O5S/c1-31(2)11-12-38(36,37)21-8-4-7-19(14-21)29-27-28-15-22-24(33)23(26(34)35)16-32(25(22)30-27)20-10-9-17-5-3-6-18(17)13-20/h4,7-10,13-16H,3,5-6,11-12H2,1-2H3,(H,34,35)(H,28,29,30). The molecule has 0 radical (unpaired) electrons. The number of aromatic carboxylic acids is 1. The van der Waals surface area contributed by atoms with Gasteiger partial charge in [0, 0.05) is 30.3 Å². The molecule has 38 heavy (non-hydrogen) atoms. The van der Waals surface area contributed by atoms with E-state index in [1.54, 1.807) is 21.6 Å². The van der Waals surface area contributed by atoms with Crippen LogP contribution in [0.2, 0.25) is 0 Å². The van der Waals surface area contributed by atoms with Gasteiger partial charge in [-0.3, -0.25) is 4.79 Å². The number of anilines is 2. The van der Waals surface area contributed by atoms with Gasteiger partial charge in [0.1, 0.15) is 5.56 Å². The third-order valence-electron chi connectivity index (χ3n) is 6.59. The lowest BCUT2D eigenvalue weighted by molar-refractivity contribution is 0.0695. The average Bonchev–Trinajstić information content (AvgIpc) is 3.36. The first-order valence-electron chi connectivity index (χ1n) is 12.1. The predicted octanol–water partition coefficient (Wildman–Crippen LogP) is 3.05. The number of hydrogen-bond acceptors (Lipinski definition) is 8. The van der Waals surface area contributed by atoms with Crippen molar-refractivity contribution in [3.05, 3.63) is 81.8 Å². The van der Waals surface area contributed by atoms with Gasteiger partial charge in [0.15, 0.2) is 15.5 Å². The first-order chi connectivity index (χ1) is 18.1. The van der Waals surface area contributed by atoms with E-state index in [4.69, 9.17) is 0 Å². The molecule has 0 fully saturated rings. The van der Waals surface area contributed by atoms with Crippen LogP contribution in [0.4, 0.5) is 11.6 Å². The van der Waals surface area contributed by atoms with Crippen molar-refractivity contribution in [3.63, 3.8) is 0 Å². The largest absolute Gasteiger partial charge is 0.477 e. The van der Waals surface area contributed by atoms with Gasteiger partial charge in [-0.25, -0.2) is 18.2 Å². The summed E-state index contributed by atoms with van der Waals surface area (Å²) in [5.74, 6) is -1.21. The summed E-state index contributed by atoms with van der Waals surface area (Å²) in [5.41, 5.74) is 2.79. The van der Waals surface area contributed by atoms with Crippen molar-refractivity contribution in [2.75, 3.05) is 31.7 Å². The quantitative estimate of drug-likeness (QED) is 0.350. The molecule has 2 aromatic heterocycles. The number of carboxylic acids is 1. The highest BCUT2D eigenvalue weighted by Gasteiger charge is 2.20. The molecule has 0 atom stereocenters. The van der Waals surface area contributed by atoms with Gasteiger partial charge in [0.05, 0.1) is 16.0 Å². The summed E-state index contributed by atoms with van der Waals surface area (Å²) < 4.78 is 27.1. The fourth-order valence-electron chi connectivity index (χ4n) is 4.55. The van der Waals surface area contributed by atoms with Crippen LogP contribution in [0.5, 0.6) is 0 Å². The molecule has 0 unspecified atom stereocenters. The molecule has 196 valence electrons. The van der Waals surface area contributed by atoms with Crippen LogP contribution in [0.1, 0.15) is 27.9 Å². The minimum absolute atomic E-state index is 0.0190. The van der Waals surface area contributed by atoms with Crippen molar-refractivity contribution in [1.29, 1.82) is 0 Å². The molecule has 0 aliphatic heterocycles. The molecule has 1 aliphatic carbocycles. The number of rotatable bonds is 8. The molecule has 2 heterocycles. The van der Waals surface area contributed by atoms with Gasteiger partial charge in [-0.2, -0.15) is 4.98 Å². The number of carbonyl (C=O) groups is 1. The summed E-state index contributed by atoms with van der Waals surface area (Å²) >= 11 is 0. The monoisotopic (exact) mass is 533 g/mol. The third-order valence-corrected chi connectivity index (χ3v) is 8.28. The fourth-order valence-corrected chi connectivity index (χ4v) is 5.98. The van der Waals surface area contributed by atoms with E-state index in [0.717, 1.165) is 19.3 Å². The molecule has 0 bridgehead atoms. The Morgan fingerprint density at radius 2 is 1.92 bits per heavy atom. The maximum atomic E-state index is 12.9. The Hall–Kier alpha value is -4.09. The number of aryl methyl sites for hydroxylation is 2. The molecule has 10 nitrogen and oxygen atoms in total. The second kappa shape index (κ2) is 9.99. The Morgan fingerprint density at radius 1 is 1.13 bits per heavy atom. The van der Waals surface area contributed by atoms with Gasteiger partial charge in [0.2, 0.25) is 11.4 Å². The van der Waals surface area contributed by atoms with Crippen molar-refractivity contribution in [3.8, 4) is 5.69 Å². The highest BCUT2D eigenvalue weighted by Crippen LogP contribution is 2.26. The highest BCUT2D eigenvalue weighted by atomic mass is 32.2. The molecule has 0 spiro atoms. The van der Waals surface area contributed by atoms with Crippen LogP contribution in [-0.4, -0.2) is 65.3 Å². The Bertz CT molecular complexity index is 1730. The van der Waals surface area contributed by atoms with E-state index in [1.807, 2.05) is 32.3 Å². The van der Waals surface area contributed by atoms with Gasteiger partial charge in [0.25, 0.3) is 0 Å². The van der Waals surface area contributed by atoms with Gasteiger partial charge < -0.3 is 19.9 Å². The molecule has 4 aromatic rings. The predicted molar refractivity (Wildman–Crippen MR) is 144 cm³/mol. The molecule has 5 rings (SSSR count). The number of sulfone groups is 1. The first-order valence-corrected chi connectivity index (χ1v) is 13.8. The molecular weight excluding hydrogens is 506 g/mol. The topological polar surface area (TPSA) is 134 Å². The lowest BCUT2D eigenvalue weighted by atomic mass is 10.1. The van der Waals surface area contributed by atoms with E-state index in [9.17, 15) is 23.1 Å². The Balaban J connectivity index is 1.57. The minimum Gasteiger partial charge on any atom is -0.477 e. The number of fused-ring (bicyclic) bond motifs is 2. The van der Waals surface area contributed by atoms with Crippen molar-refractivity contribution in [1.82, 2.24) is 19.4 Å². The van der Waals surface area contributed by atoms with E-state index < -0.39 is 21.2 Å². The molecule has 1 aliphatic rings. The lowest BCUT2D eigenvalue weighted by Crippen LogP contribution is -2.22. The van der Waals surface area contributed by atoms with E-state index >= 15 is 0 Å². The average molecular weight is 534 g/mol. The molecule has 2 N–H and O–H groups in total. The third kappa shape index (κ3) is 5.02. The zero-order valence-corrected chi connectivity index (χ0v) is 21.8. The lowest BCUT2D eigenvalue weighted by Gasteiger charge is -2.14. The summed E-state index contributed by atoms with van der Waals surface area (Å²) in [4.78, 5) is 35.5. The maximum Gasteiger partial charge on any atom is 0.341 e. The summed E-state index contributed by atoms with van der Waals surface area (Å²) in [7, 11) is 0.129. The van der Waals surface area contributed by atoms with Crippen LogP contribution in [0.3, 0.4) is 0 Å². The molecule has 0 amide bonds. The van der Waals surface area contributed by atoms with Gasteiger partial charge >= 0.3 is 5.97 Å². The first kappa shape index (κ1) is 25.6. The number of pyridine rings is 1. The molecule has 11 heteroatoms. The summed E-state index contributed by atoms with van der Waals surface area (Å²) in [6.45, 7) is 0.395. The van der Waals surface area contributed by atoms with Crippen LogP contribution in [0.25, 0.3) is 16.7 Å². The number of aromatic nitrogens is 3. The Labute approximate surface area is 219 Å². The number of nitrogens with one attached hydrogen (secondary N) is 1. The molecule has 2 aromatic carbocycles. The van der Waals surface area contributed by atoms with Crippen molar-refractivity contribution in [2.45, 2.75) is 24.2 Å². The zero-order chi connectivity index (χ0) is 27.0. The van der Waals surface area contributed by atoms with Crippen LogP contribution >= 0.6 is 0 Å². The maximum absolute atomic E-state index is 12.9. The number of benzene rings is 2. The smallest absolute Gasteiger partial charge is 0.341 e. The minimum atomic E-state index is -3.49. The van der Waals surface area contributed by atoms with E-state index in [2.05, 4.69) is 15.3 Å². The number of hydrogen-bond donors (Lipinski definition) is 2. The summed E-state index contributed by atoms with van der Waals surface area (Å²) in [6.07, 6.45) is 5.58. The summed E-state index contributed by atoms with van der Waals surface area (Å²) in [5, 5.41) is 12.7. The van der Waals surface area contributed by atoms with E-state index in [0.29, 0.717) is 17.9 Å². The van der Waals surface area contributed by atoms with Crippen LogP contribution < -0.4 is 10.7 Å². The van der Waals surface area contributed by atoms with Gasteiger partial charge in [-0.05, 0) is 74.8 Å². The molecule has 0 saturated carbocycles.